The molecule has 2 aromatic carbocycles. The third-order valence-corrected chi connectivity index (χ3v) is 6.00. The van der Waals surface area contributed by atoms with Crippen LogP contribution in [0.5, 0.6) is 0 Å². The molecule has 1 heterocycles. The van der Waals surface area contributed by atoms with E-state index < -0.39 is 0 Å². The van der Waals surface area contributed by atoms with E-state index in [1.165, 1.54) is 6.42 Å². The molecule has 1 aliphatic carbocycles. The highest BCUT2D eigenvalue weighted by Gasteiger charge is 2.20. The van der Waals surface area contributed by atoms with E-state index >= 15 is 0 Å². The topological polar surface area (TPSA) is 71.3 Å². The number of carbonyl (C=O) groups is 2. The summed E-state index contributed by atoms with van der Waals surface area (Å²) < 4.78 is 5.93. The van der Waals surface area contributed by atoms with Gasteiger partial charge in [0.25, 0.3) is 11.8 Å². The number of hydrogen-bond donors (Lipinski definition) is 2. The molecule has 4 rings (SSSR count). The van der Waals surface area contributed by atoms with E-state index in [4.69, 9.17) is 16.0 Å². The lowest BCUT2D eigenvalue weighted by atomic mass is 9.95. The Kier molecular flexibility index (Phi) is 7.30. The van der Waals surface area contributed by atoms with Gasteiger partial charge >= 0.3 is 0 Å². The molecule has 0 unspecified atom stereocenters. The summed E-state index contributed by atoms with van der Waals surface area (Å²) in [5, 5.41) is 6.46. The van der Waals surface area contributed by atoms with Gasteiger partial charge in [0.1, 0.15) is 17.2 Å². The van der Waals surface area contributed by atoms with Crippen molar-refractivity contribution in [1.82, 2.24) is 10.6 Å². The second-order valence-corrected chi connectivity index (χ2v) is 8.84. The van der Waals surface area contributed by atoms with E-state index in [0.29, 0.717) is 22.1 Å². The Morgan fingerprint density at radius 2 is 1.76 bits per heavy atom. The van der Waals surface area contributed by atoms with Crippen molar-refractivity contribution in [3.8, 4) is 11.3 Å². The molecule has 1 fully saturated rings. The summed E-state index contributed by atoms with van der Waals surface area (Å²) >= 11 is 6.09. The number of furan rings is 1. The van der Waals surface area contributed by atoms with Crippen molar-refractivity contribution in [1.29, 1.82) is 0 Å². The molecule has 0 spiro atoms. The molecule has 1 saturated carbocycles. The summed E-state index contributed by atoms with van der Waals surface area (Å²) in [4.78, 5) is 25.9. The first kappa shape index (κ1) is 22.9. The fourth-order valence-electron chi connectivity index (χ4n) is 3.94. The molecule has 0 radical (unpaired) electrons. The van der Waals surface area contributed by atoms with Crippen molar-refractivity contribution in [2.75, 3.05) is 0 Å². The van der Waals surface area contributed by atoms with Gasteiger partial charge < -0.3 is 15.1 Å². The second kappa shape index (κ2) is 10.5. The van der Waals surface area contributed by atoms with Gasteiger partial charge in [-0.3, -0.25) is 9.59 Å². The standard InChI is InChI=1S/C27H27ClN2O3/c1-18-10-12-19(13-11-18)26(31)30-24(27(32)29-22-8-3-2-4-9-22)17-23-14-15-25(33-23)20-6-5-7-21(28)16-20/h5-7,10-17,22H,2-4,8-9H2,1H3,(H,29,32)(H,30,31). The van der Waals surface area contributed by atoms with E-state index in [0.717, 1.165) is 36.8 Å². The summed E-state index contributed by atoms with van der Waals surface area (Å²) in [6.07, 6.45) is 6.85. The largest absolute Gasteiger partial charge is 0.457 e. The number of nitrogens with one attached hydrogen (secondary N) is 2. The molecule has 3 aromatic rings. The van der Waals surface area contributed by atoms with Crippen LogP contribution in [-0.2, 0) is 4.79 Å². The summed E-state index contributed by atoms with van der Waals surface area (Å²) in [7, 11) is 0. The molecule has 0 saturated heterocycles. The maximum atomic E-state index is 13.1. The molecule has 6 heteroatoms. The number of halogens is 1. The van der Waals surface area contributed by atoms with Crippen LogP contribution in [-0.4, -0.2) is 17.9 Å². The van der Waals surface area contributed by atoms with Crippen LogP contribution < -0.4 is 10.6 Å². The zero-order valence-electron chi connectivity index (χ0n) is 18.6. The third kappa shape index (κ3) is 6.14. The molecule has 170 valence electrons. The fraction of sp³-hybridized carbons (Fsp3) is 0.259. The molecule has 2 N–H and O–H groups in total. The van der Waals surface area contributed by atoms with Crippen LogP contribution in [0.4, 0.5) is 0 Å². The minimum absolute atomic E-state index is 0.115. The smallest absolute Gasteiger partial charge is 0.268 e. The summed E-state index contributed by atoms with van der Waals surface area (Å²) in [5.41, 5.74) is 2.52. The Bertz CT molecular complexity index is 1160. The fourth-order valence-corrected chi connectivity index (χ4v) is 4.13. The number of hydrogen-bond acceptors (Lipinski definition) is 3. The van der Waals surface area contributed by atoms with Gasteiger partial charge in [-0.2, -0.15) is 0 Å². The second-order valence-electron chi connectivity index (χ2n) is 8.40. The molecule has 0 bridgehead atoms. The van der Waals surface area contributed by atoms with E-state index in [1.54, 1.807) is 30.3 Å². The normalized spacial score (nSPS) is 14.7. The summed E-state index contributed by atoms with van der Waals surface area (Å²) in [6.45, 7) is 1.96. The van der Waals surface area contributed by atoms with Crippen LogP contribution in [0.25, 0.3) is 17.4 Å². The van der Waals surface area contributed by atoms with Crippen LogP contribution in [0.15, 0.2) is 70.8 Å². The van der Waals surface area contributed by atoms with Crippen LogP contribution >= 0.6 is 11.6 Å². The maximum Gasteiger partial charge on any atom is 0.268 e. The molecule has 0 aliphatic heterocycles. The molecule has 1 aliphatic rings. The van der Waals surface area contributed by atoms with Crippen molar-refractivity contribution in [3.63, 3.8) is 0 Å². The van der Waals surface area contributed by atoms with Gasteiger partial charge in [-0.05, 0) is 56.2 Å². The van der Waals surface area contributed by atoms with Crippen molar-refractivity contribution in [3.05, 3.63) is 88.3 Å². The van der Waals surface area contributed by atoms with Crippen molar-refractivity contribution in [2.24, 2.45) is 0 Å². The van der Waals surface area contributed by atoms with Crippen LogP contribution in [0, 0.1) is 6.92 Å². The van der Waals surface area contributed by atoms with Gasteiger partial charge in [-0.1, -0.05) is 60.7 Å². The van der Waals surface area contributed by atoms with E-state index in [-0.39, 0.29) is 23.6 Å². The quantitative estimate of drug-likeness (QED) is 0.433. The van der Waals surface area contributed by atoms with Crippen molar-refractivity contribution < 1.29 is 14.0 Å². The van der Waals surface area contributed by atoms with Crippen LogP contribution in [0.3, 0.4) is 0 Å². The highest BCUT2D eigenvalue weighted by atomic mass is 35.5. The van der Waals surface area contributed by atoms with Gasteiger partial charge in [0.05, 0.1) is 0 Å². The van der Waals surface area contributed by atoms with E-state index in [2.05, 4.69) is 10.6 Å². The number of rotatable bonds is 6. The Labute approximate surface area is 198 Å². The van der Waals surface area contributed by atoms with E-state index in [9.17, 15) is 9.59 Å². The average Bonchev–Trinajstić information content (AvgIpc) is 3.28. The maximum absolute atomic E-state index is 13.1. The zero-order valence-corrected chi connectivity index (χ0v) is 19.3. The molecular formula is C27H27ClN2O3. The van der Waals surface area contributed by atoms with Gasteiger partial charge in [0.2, 0.25) is 0 Å². The minimum atomic E-state index is -0.346. The first-order valence-corrected chi connectivity index (χ1v) is 11.6. The van der Waals surface area contributed by atoms with Gasteiger partial charge in [-0.25, -0.2) is 0 Å². The lowest BCUT2D eigenvalue weighted by molar-refractivity contribution is -0.118. The third-order valence-electron chi connectivity index (χ3n) is 5.77. The SMILES string of the molecule is Cc1ccc(C(=O)NC(=Cc2ccc(-c3cccc(Cl)c3)o2)C(=O)NC2CCCCC2)cc1. The van der Waals surface area contributed by atoms with Gasteiger partial charge in [0, 0.05) is 28.3 Å². The van der Waals surface area contributed by atoms with Crippen LogP contribution in [0.1, 0.15) is 53.8 Å². The van der Waals surface area contributed by atoms with Crippen LogP contribution in [0.2, 0.25) is 5.02 Å². The molecule has 1 aromatic heterocycles. The van der Waals surface area contributed by atoms with Gasteiger partial charge in [-0.15, -0.1) is 0 Å². The molecule has 0 atom stereocenters. The highest BCUT2D eigenvalue weighted by Crippen LogP contribution is 2.26. The molecular weight excluding hydrogens is 436 g/mol. The molecule has 5 nitrogen and oxygen atoms in total. The lowest BCUT2D eigenvalue weighted by Gasteiger charge is -2.23. The summed E-state index contributed by atoms with van der Waals surface area (Å²) in [6, 6.07) is 18.3. The lowest BCUT2D eigenvalue weighted by Crippen LogP contribution is -2.41. The number of benzene rings is 2. The van der Waals surface area contributed by atoms with E-state index in [1.807, 2.05) is 43.3 Å². The average molecular weight is 463 g/mol. The molecule has 2 amide bonds. The van der Waals surface area contributed by atoms with Gasteiger partial charge in [0.15, 0.2) is 0 Å². The predicted octanol–water partition coefficient (Wildman–Crippen LogP) is 6.13. The Balaban J connectivity index is 1.58. The van der Waals surface area contributed by atoms with Crippen molar-refractivity contribution in [2.45, 2.75) is 45.1 Å². The summed E-state index contributed by atoms with van der Waals surface area (Å²) in [5.74, 6) is 0.424. The predicted molar refractivity (Wildman–Crippen MR) is 131 cm³/mol. The Hall–Kier alpha value is -3.31. The van der Waals surface area contributed by atoms with Crippen molar-refractivity contribution >= 4 is 29.5 Å². The number of carbonyl (C=O) groups excluding carboxylic acids is 2. The highest BCUT2D eigenvalue weighted by molar-refractivity contribution is 6.30. The Morgan fingerprint density at radius 3 is 2.48 bits per heavy atom. The molecule has 33 heavy (non-hydrogen) atoms. The monoisotopic (exact) mass is 462 g/mol. The minimum Gasteiger partial charge on any atom is -0.457 e. The number of amides is 2. The first-order chi connectivity index (χ1) is 16.0. The Morgan fingerprint density at radius 1 is 1.00 bits per heavy atom. The first-order valence-electron chi connectivity index (χ1n) is 11.2. The zero-order chi connectivity index (χ0) is 23.2. The number of aryl methyl sites for hydroxylation is 1.